The van der Waals surface area contributed by atoms with E-state index in [0.29, 0.717) is 19.4 Å². The molecule has 13 nitrogen and oxygen atoms in total. The first kappa shape index (κ1) is 37.3. The summed E-state index contributed by atoms with van der Waals surface area (Å²) < 4.78 is 25.9. The van der Waals surface area contributed by atoms with E-state index in [2.05, 4.69) is 41.7 Å². The lowest BCUT2D eigenvalue weighted by molar-refractivity contribution is -0.145. The van der Waals surface area contributed by atoms with E-state index in [0.717, 1.165) is 70.5 Å². The summed E-state index contributed by atoms with van der Waals surface area (Å²) in [6.45, 7) is 8.37. The molecule has 0 aromatic carbocycles. The van der Waals surface area contributed by atoms with Gasteiger partial charge >= 0.3 is 6.03 Å². The molecule has 1 unspecified atom stereocenters. The third-order valence-electron chi connectivity index (χ3n) is 12.0. The molecule has 1 aliphatic heterocycles. The first-order valence-electron chi connectivity index (χ1n) is 18.1. The van der Waals surface area contributed by atoms with Crippen LogP contribution in [0.4, 0.5) is 4.79 Å². The number of likely N-dealkylation sites (tertiary alicyclic amines) is 1. The number of nitrogens with zero attached hydrogens (tertiary/aromatic N) is 2. The summed E-state index contributed by atoms with van der Waals surface area (Å²) in [6, 6.07) is -3.18. The maximum absolute atomic E-state index is 14.6. The Morgan fingerprint density at radius 1 is 0.918 bits per heavy atom. The maximum atomic E-state index is 14.6. The van der Waals surface area contributed by atoms with Gasteiger partial charge in [-0.25, -0.2) is 17.5 Å². The minimum Gasteiger partial charge on any atom is -0.346 e. The second-order valence-electron chi connectivity index (χ2n) is 15.9. The highest BCUT2D eigenvalue weighted by Gasteiger charge is 2.70. The molecule has 0 aromatic rings. The van der Waals surface area contributed by atoms with Gasteiger partial charge in [0.2, 0.25) is 27.6 Å². The number of urea groups is 1. The molecule has 5 aliphatic rings. The molecular weight excluding hydrogens is 648 g/mol. The second-order valence-corrected chi connectivity index (χ2v) is 18.0. The molecule has 1 heterocycles. The van der Waals surface area contributed by atoms with Crippen LogP contribution in [0.5, 0.6) is 0 Å². The second kappa shape index (κ2) is 14.7. The SMILES string of the molecule is C=CCNC(=O)C(=O)C(NC(=O)[C@@H]1[C@@H]2[C@H](CN1C(=O)[C@@H](NC(=O)NC1(CN(C)S(C)(=O)=O)CCCCC1)C1CCCCC1)C2(C)C)C1CC1. The highest BCUT2D eigenvalue weighted by molar-refractivity contribution is 7.88. The summed E-state index contributed by atoms with van der Waals surface area (Å²) >= 11 is 0. The predicted octanol–water partition coefficient (Wildman–Crippen LogP) is 2.08. The monoisotopic (exact) mass is 704 g/mol. The van der Waals surface area contributed by atoms with Crippen molar-refractivity contribution in [3.05, 3.63) is 12.7 Å². The molecule has 5 atom stereocenters. The third-order valence-corrected chi connectivity index (χ3v) is 13.3. The van der Waals surface area contributed by atoms with Crippen LogP contribution in [0.3, 0.4) is 0 Å². The number of carbonyl (C=O) groups excluding carboxylic acids is 5. The number of carbonyl (C=O) groups is 5. The van der Waals surface area contributed by atoms with E-state index in [1.165, 1.54) is 17.4 Å². The van der Waals surface area contributed by atoms with Crippen molar-refractivity contribution in [2.45, 2.75) is 115 Å². The Morgan fingerprint density at radius 3 is 2.12 bits per heavy atom. The molecule has 0 radical (unpaired) electrons. The number of amides is 5. The first-order chi connectivity index (χ1) is 23.1. The number of fused-ring (bicyclic) bond motifs is 1. The molecule has 4 aliphatic carbocycles. The Morgan fingerprint density at radius 2 is 1.53 bits per heavy atom. The Bertz CT molecular complexity index is 1420. The molecule has 5 fully saturated rings. The molecule has 49 heavy (non-hydrogen) atoms. The van der Waals surface area contributed by atoms with E-state index in [1.807, 2.05) is 0 Å². The molecule has 4 N–H and O–H groups in total. The number of piperidine rings is 1. The van der Waals surface area contributed by atoms with Gasteiger partial charge in [-0.1, -0.05) is 58.4 Å². The zero-order valence-electron chi connectivity index (χ0n) is 29.6. The van der Waals surface area contributed by atoms with Crippen LogP contribution >= 0.6 is 0 Å². The number of hydrogen-bond acceptors (Lipinski definition) is 7. The average Bonchev–Trinajstić information content (AvgIpc) is 3.93. The van der Waals surface area contributed by atoms with Gasteiger partial charge in [-0.15, -0.1) is 6.58 Å². The van der Waals surface area contributed by atoms with Gasteiger partial charge in [0.15, 0.2) is 0 Å². The van der Waals surface area contributed by atoms with Gasteiger partial charge in [0, 0.05) is 26.7 Å². The van der Waals surface area contributed by atoms with Crippen LogP contribution in [0.25, 0.3) is 0 Å². The normalized spacial score (nSPS) is 27.3. The lowest BCUT2D eigenvalue weighted by Gasteiger charge is -2.41. The average molecular weight is 705 g/mol. The first-order valence-corrected chi connectivity index (χ1v) is 20.0. The van der Waals surface area contributed by atoms with Crippen molar-refractivity contribution in [3.63, 3.8) is 0 Å². The zero-order chi connectivity index (χ0) is 35.7. The van der Waals surface area contributed by atoms with Gasteiger partial charge in [-0.2, -0.15) is 0 Å². The summed E-state index contributed by atoms with van der Waals surface area (Å²) in [4.78, 5) is 69.9. The molecule has 5 rings (SSSR count). The lowest BCUT2D eigenvalue weighted by atomic mass is 9.81. The van der Waals surface area contributed by atoms with Gasteiger partial charge in [0.1, 0.15) is 18.1 Å². The summed E-state index contributed by atoms with van der Waals surface area (Å²) in [7, 11) is -1.96. The van der Waals surface area contributed by atoms with Crippen LogP contribution in [0.2, 0.25) is 0 Å². The van der Waals surface area contributed by atoms with Gasteiger partial charge < -0.3 is 26.2 Å². The van der Waals surface area contributed by atoms with Crippen LogP contribution in [0.1, 0.15) is 90.9 Å². The Kier molecular flexibility index (Phi) is 11.2. The smallest absolute Gasteiger partial charge is 0.315 e. The van der Waals surface area contributed by atoms with E-state index in [4.69, 9.17) is 0 Å². The molecule has 4 saturated carbocycles. The number of Topliss-reactive ketones (excluding diaryl/α,β-unsaturated/α-hetero) is 1. The molecule has 0 bridgehead atoms. The summed E-state index contributed by atoms with van der Waals surface area (Å²) in [5, 5.41) is 11.5. The molecule has 0 aromatic heterocycles. The molecule has 274 valence electrons. The molecule has 1 saturated heterocycles. The van der Waals surface area contributed by atoms with Gasteiger partial charge in [0.05, 0.1) is 11.8 Å². The van der Waals surface area contributed by atoms with Crippen molar-refractivity contribution in [1.29, 1.82) is 0 Å². The Labute approximate surface area is 291 Å². The highest BCUT2D eigenvalue weighted by atomic mass is 32.2. The summed E-state index contributed by atoms with van der Waals surface area (Å²) in [6.07, 6.45) is 12.5. The number of sulfonamides is 1. The number of rotatable bonds is 14. The fourth-order valence-corrected chi connectivity index (χ4v) is 9.29. The van der Waals surface area contributed by atoms with Crippen molar-refractivity contribution in [2.24, 2.45) is 29.1 Å². The lowest BCUT2D eigenvalue weighted by Crippen LogP contribution is -2.63. The fraction of sp³-hybridized carbons (Fsp3) is 0.800. The largest absolute Gasteiger partial charge is 0.346 e. The Balaban J connectivity index is 1.35. The predicted molar refractivity (Wildman–Crippen MR) is 184 cm³/mol. The quantitative estimate of drug-likeness (QED) is 0.158. The zero-order valence-corrected chi connectivity index (χ0v) is 30.4. The van der Waals surface area contributed by atoms with Crippen LogP contribution in [-0.2, 0) is 29.2 Å². The van der Waals surface area contributed by atoms with Crippen LogP contribution < -0.4 is 21.3 Å². The van der Waals surface area contributed by atoms with Crippen molar-refractivity contribution in [1.82, 2.24) is 30.5 Å². The molecule has 5 amide bonds. The van der Waals surface area contributed by atoms with Gasteiger partial charge in [0.25, 0.3) is 5.91 Å². The van der Waals surface area contributed by atoms with Crippen molar-refractivity contribution in [2.75, 3.05) is 32.9 Å². The standard InChI is InChI=1S/C35H56N6O7S/c1-6-19-36-31(44)29(42)26(23-15-16-23)37-30(43)28-25-24(34(25,2)3)20-41(28)32(45)27(22-13-9-7-10-14-22)38-33(46)39-35(17-11-8-12-18-35)21-40(4)49(5,47)48/h6,22-28H,1,7-21H2,2-5H3,(H,36,44)(H,37,43)(H2,38,39,46)/t24-,25-,26?,27-,28-/m0/s1. The molecule has 14 heteroatoms. The van der Waals surface area contributed by atoms with Gasteiger partial charge in [-0.3, -0.25) is 19.2 Å². The van der Waals surface area contributed by atoms with Crippen molar-refractivity contribution in [3.8, 4) is 0 Å². The van der Waals surface area contributed by atoms with E-state index in [1.54, 1.807) is 4.90 Å². The fourth-order valence-electron chi connectivity index (χ4n) is 8.81. The van der Waals surface area contributed by atoms with Crippen LogP contribution in [0, 0.1) is 29.1 Å². The van der Waals surface area contributed by atoms with Crippen LogP contribution in [0.15, 0.2) is 12.7 Å². The molecule has 0 spiro atoms. The van der Waals surface area contributed by atoms with E-state index in [9.17, 15) is 32.4 Å². The highest BCUT2D eigenvalue weighted by Crippen LogP contribution is 2.65. The van der Waals surface area contributed by atoms with E-state index in [-0.39, 0.29) is 48.1 Å². The number of nitrogens with one attached hydrogen (secondary N) is 4. The van der Waals surface area contributed by atoms with Crippen molar-refractivity contribution < 1.29 is 32.4 Å². The minimum atomic E-state index is -3.47. The van der Waals surface area contributed by atoms with E-state index < -0.39 is 57.3 Å². The minimum absolute atomic E-state index is 0.0936. The van der Waals surface area contributed by atoms with Crippen LogP contribution in [-0.4, -0.2) is 104 Å². The van der Waals surface area contributed by atoms with E-state index >= 15 is 0 Å². The third kappa shape index (κ3) is 8.32. The Hall–Kier alpha value is -3.00. The maximum Gasteiger partial charge on any atom is 0.315 e. The molecular formula is C35H56N6O7S. The van der Waals surface area contributed by atoms with Gasteiger partial charge in [-0.05, 0) is 67.6 Å². The number of hydrogen-bond donors (Lipinski definition) is 4. The topological polar surface area (TPSA) is 174 Å². The summed E-state index contributed by atoms with van der Waals surface area (Å²) in [5.74, 6) is -2.48. The summed E-state index contributed by atoms with van der Waals surface area (Å²) in [5.41, 5.74) is -0.937. The number of likely N-dealkylation sites (N-methyl/N-ethyl adjacent to an activating group) is 1. The van der Waals surface area contributed by atoms with Crippen molar-refractivity contribution >= 4 is 39.6 Å². The number of ketones is 1.